The highest BCUT2D eigenvalue weighted by atomic mass is 16.2. The Hall–Kier alpha value is -1.62. The second kappa shape index (κ2) is 4.71. The first-order valence-electron chi connectivity index (χ1n) is 5.70. The Morgan fingerprint density at radius 1 is 1.59 bits per heavy atom. The molecule has 0 saturated carbocycles. The molecular weight excluding hydrogens is 216 g/mol. The Labute approximate surface area is 101 Å². The number of aromatic nitrogens is 2. The number of hydrogen-bond donors (Lipinski definition) is 1. The number of carbonyl (C=O) groups is 1. The quantitative estimate of drug-likeness (QED) is 0.765. The van der Waals surface area contributed by atoms with Gasteiger partial charge in [0.05, 0.1) is 6.54 Å². The summed E-state index contributed by atoms with van der Waals surface area (Å²) in [6, 6.07) is 0. The number of amides is 1. The van der Waals surface area contributed by atoms with Gasteiger partial charge in [0.2, 0.25) is 5.91 Å². The zero-order valence-corrected chi connectivity index (χ0v) is 10.5. The van der Waals surface area contributed by atoms with E-state index in [0.717, 1.165) is 24.5 Å². The van der Waals surface area contributed by atoms with Crippen LogP contribution in [0.15, 0.2) is 23.5 Å². The molecule has 1 aliphatic rings. The summed E-state index contributed by atoms with van der Waals surface area (Å²) < 4.78 is 1.93. The third-order valence-corrected chi connectivity index (χ3v) is 3.17. The van der Waals surface area contributed by atoms with Crippen LogP contribution in [0.1, 0.15) is 12.7 Å². The molecule has 0 spiro atoms. The van der Waals surface area contributed by atoms with Crippen LogP contribution in [0.2, 0.25) is 0 Å². The van der Waals surface area contributed by atoms with Crippen LogP contribution in [0.5, 0.6) is 0 Å². The van der Waals surface area contributed by atoms with Gasteiger partial charge >= 0.3 is 0 Å². The van der Waals surface area contributed by atoms with E-state index in [2.05, 4.69) is 10.3 Å². The predicted molar refractivity (Wildman–Crippen MR) is 65.3 cm³/mol. The maximum absolute atomic E-state index is 12.1. The molecule has 0 bridgehead atoms. The zero-order chi connectivity index (χ0) is 12.4. The van der Waals surface area contributed by atoms with Crippen molar-refractivity contribution in [3.63, 3.8) is 0 Å². The minimum absolute atomic E-state index is 0.0875. The van der Waals surface area contributed by atoms with Gasteiger partial charge in [-0.05, 0) is 12.5 Å². The van der Waals surface area contributed by atoms with Crippen molar-refractivity contribution in [3.05, 3.63) is 29.4 Å². The Kier molecular flexibility index (Phi) is 3.28. The average molecular weight is 234 g/mol. The maximum atomic E-state index is 12.1. The first kappa shape index (κ1) is 11.9. The molecule has 17 heavy (non-hydrogen) atoms. The minimum Gasteiger partial charge on any atom is -0.337 e. The van der Waals surface area contributed by atoms with Crippen LogP contribution in [-0.4, -0.2) is 40.5 Å². The zero-order valence-electron chi connectivity index (χ0n) is 10.5. The molecule has 1 N–H and O–H groups in total. The van der Waals surface area contributed by atoms with Crippen LogP contribution in [0.25, 0.3) is 0 Å². The molecule has 1 saturated heterocycles. The van der Waals surface area contributed by atoms with E-state index >= 15 is 0 Å². The molecule has 5 heteroatoms. The fourth-order valence-corrected chi connectivity index (χ4v) is 1.79. The van der Waals surface area contributed by atoms with Gasteiger partial charge in [0, 0.05) is 45.2 Å². The number of rotatable bonds is 3. The normalized spacial score (nSPS) is 14.4. The summed E-state index contributed by atoms with van der Waals surface area (Å²) in [5.74, 6) is 0.981. The highest BCUT2D eigenvalue weighted by Gasteiger charge is 2.19. The first-order chi connectivity index (χ1) is 8.09. The van der Waals surface area contributed by atoms with Crippen molar-refractivity contribution in [3.8, 4) is 0 Å². The second-order valence-corrected chi connectivity index (χ2v) is 4.45. The van der Waals surface area contributed by atoms with Crippen molar-refractivity contribution in [1.29, 1.82) is 0 Å². The number of carbonyl (C=O) groups excluding carboxylic acids is 1. The van der Waals surface area contributed by atoms with E-state index in [0.29, 0.717) is 6.54 Å². The maximum Gasteiger partial charge on any atom is 0.249 e. The summed E-state index contributed by atoms with van der Waals surface area (Å²) in [4.78, 5) is 18.0. The van der Waals surface area contributed by atoms with Crippen molar-refractivity contribution in [2.45, 2.75) is 13.5 Å². The SMILES string of the molecule is CC(C(=O)N(C)Cc1nccn1C)=C1CNC1. The average Bonchev–Trinajstić information content (AvgIpc) is 2.60. The van der Waals surface area contributed by atoms with Crippen LogP contribution in [0.4, 0.5) is 0 Å². The molecule has 1 amide bonds. The molecule has 1 fully saturated rings. The van der Waals surface area contributed by atoms with Crippen molar-refractivity contribution in [2.75, 3.05) is 20.1 Å². The van der Waals surface area contributed by atoms with Gasteiger partial charge in [0.1, 0.15) is 5.82 Å². The second-order valence-electron chi connectivity index (χ2n) is 4.45. The number of likely N-dealkylation sites (N-methyl/N-ethyl adjacent to an activating group) is 1. The Balaban J connectivity index is 2.03. The van der Waals surface area contributed by atoms with E-state index in [1.807, 2.05) is 31.8 Å². The molecular formula is C12H18N4O. The lowest BCUT2D eigenvalue weighted by Gasteiger charge is -2.24. The lowest BCUT2D eigenvalue weighted by molar-refractivity contribution is -0.126. The van der Waals surface area contributed by atoms with Crippen molar-refractivity contribution >= 4 is 5.91 Å². The number of nitrogens with zero attached hydrogens (tertiary/aromatic N) is 3. The summed E-state index contributed by atoms with van der Waals surface area (Å²) in [6.07, 6.45) is 3.63. The molecule has 1 aromatic heterocycles. The number of hydrogen-bond acceptors (Lipinski definition) is 3. The first-order valence-corrected chi connectivity index (χ1v) is 5.70. The molecule has 0 aliphatic carbocycles. The van der Waals surface area contributed by atoms with Gasteiger partial charge in [-0.25, -0.2) is 4.98 Å². The van der Waals surface area contributed by atoms with Gasteiger partial charge in [-0.2, -0.15) is 0 Å². The van der Waals surface area contributed by atoms with Crippen LogP contribution in [0, 0.1) is 0 Å². The van der Waals surface area contributed by atoms with Crippen molar-refractivity contribution < 1.29 is 4.79 Å². The lowest BCUT2D eigenvalue weighted by Crippen LogP contribution is -2.38. The Morgan fingerprint density at radius 2 is 2.29 bits per heavy atom. The lowest BCUT2D eigenvalue weighted by atomic mass is 10.0. The van der Waals surface area contributed by atoms with E-state index in [1.165, 1.54) is 5.57 Å². The summed E-state index contributed by atoms with van der Waals surface area (Å²) in [7, 11) is 3.75. The van der Waals surface area contributed by atoms with Crippen LogP contribution in [-0.2, 0) is 18.4 Å². The molecule has 1 aliphatic heterocycles. The topological polar surface area (TPSA) is 50.2 Å². The predicted octanol–water partition coefficient (Wildman–Crippen LogP) is 0.298. The number of nitrogens with one attached hydrogen (secondary N) is 1. The third-order valence-electron chi connectivity index (χ3n) is 3.17. The highest BCUT2D eigenvalue weighted by Crippen LogP contribution is 2.12. The van der Waals surface area contributed by atoms with Crippen LogP contribution in [0.3, 0.4) is 0 Å². The molecule has 0 aromatic carbocycles. The molecule has 0 radical (unpaired) electrons. The standard InChI is InChI=1S/C12H18N4O/c1-9(10-6-13-7-10)12(17)16(3)8-11-14-4-5-15(11)2/h4-5,13H,6-8H2,1-3H3. The van der Waals surface area contributed by atoms with Crippen molar-refractivity contribution in [2.24, 2.45) is 7.05 Å². The molecule has 5 nitrogen and oxygen atoms in total. The Morgan fingerprint density at radius 3 is 2.76 bits per heavy atom. The van der Waals surface area contributed by atoms with Gasteiger partial charge in [0.25, 0.3) is 0 Å². The largest absolute Gasteiger partial charge is 0.337 e. The number of aryl methyl sites for hydroxylation is 1. The van der Waals surface area contributed by atoms with E-state index in [-0.39, 0.29) is 5.91 Å². The molecule has 2 rings (SSSR count). The van der Waals surface area contributed by atoms with E-state index in [1.54, 1.807) is 11.1 Å². The molecule has 2 heterocycles. The minimum atomic E-state index is 0.0875. The fraction of sp³-hybridized carbons (Fsp3) is 0.500. The van der Waals surface area contributed by atoms with E-state index in [4.69, 9.17) is 0 Å². The van der Waals surface area contributed by atoms with E-state index in [9.17, 15) is 4.79 Å². The summed E-state index contributed by atoms with van der Waals surface area (Å²) in [6.45, 7) is 4.12. The van der Waals surface area contributed by atoms with Crippen LogP contribution >= 0.6 is 0 Å². The van der Waals surface area contributed by atoms with Crippen molar-refractivity contribution in [1.82, 2.24) is 19.8 Å². The van der Waals surface area contributed by atoms with Gasteiger partial charge in [-0.1, -0.05) is 0 Å². The molecule has 92 valence electrons. The smallest absolute Gasteiger partial charge is 0.249 e. The summed E-state index contributed by atoms with van der Waals surface area (Å²) in [5.41, 5.74) is 2.07. The van der Waals surface area contributed by atoms with Crippen LogP contribution < -0.4 is 5.32 Å². The molecule has 1 aromatic rings. The fourth-order valence-electron chi connectivity index (χ4n) is 1.79. The van der Waals surface area contributed by atoms with Gasteiger partial charge in [-0.15, -0.1) is 0 Å². The van der Waals surface area contributed by atoms with E-state index < -0.39 is 0 Å². The van der Waals surface area contributed by atoms with Gasteiger partial charge in [-0.3, -0.25) is 4.79 Å². The monoisotopic (exact) mass is 234 g/mol. The summed E-state index contributed by atoms with van der Waals surface area (Å²) >= 11 is 0. The molecule has 0 unspecified atom stereocenters. The third kappa shape index (κ3) is 2.39. The Bertz CT molecular complexity index is 455. The molecule has 0 atom stereocenters. The summed E-state index contributed by atoms with van der Waals surface area (Å²) in [5, 5.41) is 3.15. The number of imidazole rings is 1. The van der Waals surface area contributed by atoms with Gasteiger partial charge < -0.3 is 14.8 Å². The highest BCUT2D eigenvalue weighted by molar-refractivity contribution is 5.93. The van der Waals surface area contributed by atoms with Gasteiger partial charge in [0.15, 0.2) is 0 Å².